The van der Waals surface area contributed by atoms with Crippen LogP contribution >= 0.6 is 0 Å². The molecule has 0 unspecified atom stereocenters. The Bertz CT molecular complexity index is 682. The van der Waals surface area contributed by atoms with Crippen LogP contribution in [-0.2, 0) is 10.0 Å². The molecule has 0 aliphatic carbocycles. The third-order valence-corrected chi connectivity index (χ3v) is 5.96. The van der Waals surface area contributed by atoms with E-state index >= 15 is 0 Å². The van der Waals surface area contributed by atoms with Gasteiger partial charge in [-0.2, -0.15) is 4.31 Å². The molecule has 0 aromatic heterocycles. The largest absolute Gasteiger partial charge is 0.316 e. The number of fused-ring (bicyclic) bond motifs is 1. The smallest absolute Gasteiger partial charge is 0.272 e. The quantitative estimate of drug-likeness (QED) is 0.650. The predicted molar refractivity (Wildman–Crippen MR) is 71.7 cm³/mol. The van der Waals surface area contributed by atoms with Gasteiger partial charge in [-0.3, -0.25) is 10.1 Å². The van der Waals surface area contributed by atoms with Crippen LogP contribution in [0.2, 0.25) is 0 Å². The van der Waals surface area contributed by atoms with Gasteiger partial charge in [0.2, 0.25) is 10.0 Å². The highest BCUT2D eigenvalue weighted by Gasteiger charge is 2.42. The zero-order valence-corrected chi connectivity index (χ0v) is 11.8. The van der Waals surface area contributed by atoms with Crippen molar-refractivity contribution < 1.29 is 17.7 Å². The Morgan fingerprint density at radius 3 is 2.43 bits per heavy atom. The summed E-state index contributed by atoms with van der Waals surface area (Å²) in [5, 5.41) is 13.8. The maximum absolute atomic E-state index is 13.9. The molecular formula is C12H14FN3O4S. The molecule has 1 aromatic carbocycles. The van der Waals surface area contributed by atoms with Gasteiger partial charge >= 0.3 is 0 Å². The molecule has 2 saturated heterocycles. The third kappa shape index (κ3) is 2.41. The van der Waals surface area contributed by atoms with E-state index in [0.717, 1.165) is 25.2 Å². The summed E-state index contributed by atoms with van der Waals surface area (Å²) in [6, 6.07) is 2.62. The van der Waals surface area contributed by atoms with Gasteiger partial charge in [-0.05, 0) is 31.0 Å². The van der Waals surface area contributed by atoms with E-state index < -0.39 is 31.3 Å². The molecule has 2 aliphatic rings. The van der Waals surface area contributed by atoms with Gasteiger partial charge in [-0.25, -0.2) is 12.8 Å². The second-order valence-corrected chi connectivity index (χ2v) is 7.28. The Labute approximate surface area is 120 Å². The number of hydrogen-bond donors (Lipinski definition) is 1. The Kier molecular flexibility index (Phi) is 3.42. The number of rotatable bonds is 3. The zero-order chi connectivity index (χ0) is 15.2. The number of sulfonamides is 1. The third-order valence-electron chi connectivity index (χ3n) is 4.10. The first-order chi connectivity index (χ1) is 9.89. The average molecular weight is 315 g/mol. The predicted octanol–water partition coefficient (Wildman–Crippen LogP) is 0.574. The topological polar surface area (TPSA) is 92.5 Å². The number of nitro groups is 1. The number of non-ortho nitro benzene ring substituents is 1. The van der Waals surface area contributed by atoms with Gasteiger partial charge in [-0.1, -0.05) is 0 Å². The summed E-state index contributed by atoms with van der Waals surface area (Å²) in [5.41, 5.74) is -0.464. The molecule has 1 N–H and O–H groups in total. The van der Waals surface area contributed by atoms with Crippen molar-refractivity contribution in [1.29, 1.82) is 0 Å². The van der Waals surface area contributed by atoms with Gasteiger partial charge in [0.05, 0.1) is 11.0 Å². The molecule has 114 valence electrons. The lowest BCUT2D eigenvalue weighted by Gasteiger charge is -2.17. The maximum atomic E-state index is 13.9. The molecule has 0 spiro atoms. The molecule has 2 aliphatic heterocycles. The van der Waals surface area contributed by atoms with Crippen molar-refractivity contribution in [3.05, 3.63) is 34.1 Å². The molecule has 2 heterocycles. The molecule has 21 heavy (non-hydrogen) atoms. The molecule has 0 amide bonds. The molecule has 9 heteroatoms. The second kappa shape index (κ2) is 5.00. The Balaban J connectivity index is 1.90. The molecule has 1 aromatic rings. The van der Waals surface area contributed by atoms with Crippen molar-refractivity contribution in [1.82, 2.24) is 9.62 Å². The number of hydrogen-bond acceptors (Lipinski definition) is 5. The van der Waals surface area contributed by atoms with E-state index in [1.165, 1.54) is 4.31 Å². The number of halogens is 1. The zero-order valence-electron chi connectivity index (χ0n) is 11.0. The van der Waals surface area contributed by atoms with E-state index in [-0.39, 0.29) is 11.8 Å². The van der Waals surface area contributed by atoms with Gasteiger partial charge in [0.25, 0.3) is 5.69 Å². The molecular weight excluding hydrogens is 301 g/mol. The normalized spacial score (nSPS) is 26.0. The Morgan fingerprint density at radius 2 is 1.90 bits per heavy atom. The fourth-order valence-electron chi connectivity index (χ4n) is 2.96. The van der Waals surface area contributed by atoms with Crippen LogP contribution in [0.25, 0.3) is 0 Å². The lowest BCUT2D eigenvalue weighted by atomic mass is 10.0. The number of benzene rings is 1. The van der Waals surface area contributed by atoms with E-state index in [1.807, 2.05) is 0 Å². The number of nitrogens with one attached hydrogen (secondary N) is 1. The number of nitro benzene ring substituents is 1. The molecule has 0 saturated carbocycles. The lowest BCUT2D eigenvalue weighted by molar-refractivity contribution is -0.385. The van der Waals surface area contributed by atoms with E-state index in [9.17, 15) is 22.9 Å². The van der Waals surface area contributed by atoms with E-state index in [2.05, 4.69) is 5.32 Å². The van der Waals surface area contributed by atoms with Crippen molar-refractivity contribution >= 4 is 15.7 Å². The molecule has 2 fully saturated rings. The van der Waals surface area contributed by atoms with Crippen LogP contribution < -0.4 is 5.32 Å². The van der Waals surface area contributed by atoms with Gasteiger partial charge in [-0.15, -0.1) is 0 Å². The highest BCUT2D eigenvalue weighted by atomic mass is 32.2. The van der Waals surface area contributed by atoms with Crippen LogP contribution in [0, 0.1) is 27.8 Å². The van der Waals surface area contributed by atoms with E-state index in [0.29, 0.717) is 19.2 Å². The first kappa shape index (κ1) is 14.4. The maximum Gasteiger partial charge on any atom is 0.272 e. The van der Waals surface area contributed by atoms with Crippen LogP contribution in [0.3, 0.4) is 0 Å². The number of nitrogens with zero attached hydrogens (tertiary/aromatic N) is 2. The summed E-state index contributed by atoms with van der Waals surface area (Å²) in [5.74, 6) is -0.582. The monoisotopic (exact) mass is 315 g/mol. The summed E-state index contributed by atoms with van der Waals surface area (Å²) in [6.45, 7) is 2.24. The Hall–Kier alpha value is -1.58. The van der Waals surface area contributed by atoms with Crippen LogP contribution in [0.4, 0.5) is 10.1 Å². The standard InChI is InChI=1S/C12H14FN3O4S/c13-11-3-10(16(17)18)1-2-12(11)21(19,20)15-6-8-4-14-5-9(8)7-15/h1-3,8-9,14H,4-7H2/t8-,9+. The highest BCUT2D eigenvalue weighted by molar-refractivity contribution is 7.89. The minimum absolute atomic E-state index is 0.251. The van der Waals surface area contributed by atoms with Gasteiger partial charge in [0.1, 0.15) is 10.7 Å². The van der Waals surface area contributed by atoms with Crippen LogP contribution in [0.15, 0.2) is 23.1 Å². The lowest BCUT2D eigenvalue weighted by Crippen LogP contribution is -2.32. The summed E-state index contributed by atoms with van der Waals surface area (Å²) < 4.78 is 40.1. The van der Waals surface area contributed by atoms with Crippen LogP contribution in [-0.4, -0.2) is 43.8 Å². The van der Waals surface area contributed by atoms with E-state index in [4.69, 9.17) is 0 Å². The fraction of sp³-hybridized carbons (Fsp3) is 0.500. The molecule has 7 nitrogen and oxygen atoms in total. The van der Waals surface area contributed by atoms with Crippen molar-refractivity contribution in [2.45, 2.75) is 4.90 Å². The minimum atomic E-state index is -3.95. The van der Waals surface area contributed by atoms with Gasteiger partial charge in [0, 0.05) is 19.2 Å². The van der Waals surface area contributed by atoms with Gasteiger partial charge < -0.3 is 5.32 Å². The molecule has 3 rings (SSSR count). The van der Waals surface area contributed by atoms with Crippen molar-refractivity contribution in [2.24, 2.45) is 11.8 Å². The van der Waals surface area contributed by atoms with Gasteiger partial charge in [0.15, 0.2) is 0 Å². The highest BCUT2D eigenvalue weighted by Crippen LogP contribution is 2.32. The molecule has 0 bridgehead atoms. The van der Waals surface area contributed by atoms with Crippen LogP contribution in [0.1, 0.15) is 0 Å². The minimum Gasteiger partial charge on any atom is -0.316 e. The SMILES string of the molecule is O=[N+]([O-])c1ccc(S(=O)(=O)N2C[C@H]3CNC[C@H]3C2)c(F)c1. The average Bonchev–Trinajstić information content (AvgIpc) is 2.98. The summed E-state index contributed by atoms with van der Waals surface area (Å²) in [6.07, 6.45) is 0. The van der Waals surface area contributed by atoms with Crippen molar-refractivity contribution in [3.63, 3.8) is 0 Å². The summed E-state index contributed by atoms with van der Waals surface area (Å²) >= 11 is 0. The van der Waals surface area contributed by atoms with Crippen molar-refractivity contribution in [2.75, 3.05) is 26.2 Å². The summed E-state index contributed by atoms with van der Waals surface area (Å²) in [4.78, 5) is 9.32. The van der Waals surface area contributed by atoms with Crippen LogP contribution in [0.5, 0.6) is 0 Å². The van der Waals surface area contributed by atoms with E-state index in [1.54, 1.807) is 0 Å². The Morgan fingerprint density at radius 1 is 1.29 bits per heavy atom. The second-order valence-electron chi connectivity index (χ2n) is 5.37. The first-order valence-corrected chi connectivity index (χ1v) is 7.98. The summed E-state index contributed by atoms with van der Waals surface area (Å²) in [7, 11) is -3.95. The first-order valence-electron chi connectivity index (χ1n) is 6.54. The molecule has 0 radical (unpaired) electrons. The molecule has 2 atom stereocenters. The fourth-order valence-corrected chi connectivity index (χ4v) is 4.56. The van der Waals surface area contributed by atoms with Crippen molar-refractivity contribution in [3.8, 4) is 0 Å².